The first kappa shape index (κ1) is 17.9. The molecule has 0 aliphatic carbocycles. The minimum absolute atomic E-state index is 0.143. The first-order valence-electron chi connectivity index (χ1n) is 9.36. The van der Waals surface area contributed by atoms with Crippen molar-refractivity contribution in [3.05, 3.63) is 48.0 Å². The van der Waals surface area contributed by atoms with Crippen LogP contribution in [0.3, 0.4) is 0 Å². The molecular formula is C21H24N2O4. The van der Waals surface area contributed by atoms with Gasteiger partial charge in [0.15, 0.2) is 0 Å². The molecule has 2 saturated heterocycles. The van der Waals surface area contributed by atoms with E-state index in [4.69, 9.17) is 9.57 Å². The second-order valence-corrected chi connectivity index (χ2v) is 7.28. The largest absolute Gasteiger partial charge is 0.469 e. The van der Waals surface area contributed by atoms with E-state index in [2.05, 4.69) is 29.6 Å². The Labute approximate surface area is 158 Å². The number of fused-ring (bicyclic) bond motifs is 1. The molecule has 4 rings (SSSR count). The number of hydroxylamine groups is 2. The Bertz CT molecular complexity index is 860. The van der Waals surface area contributed by atoms with Crippen LogP contribution in [0.15, 0.2) is 42.5 Å². The van der Waals surface area contributed by atoms with Gasteiger partial charge in [-0.25, -0.2) is 5.06 Å². The zero-order valence-electron chi connectivity index (χ0n) is 15.4. The lowest BCUT2D eigenvalue weighted by molar-refractivity contribution is -0.226. The Balaban J connectivity index is 1.56. The fourth-order valence-corrected chi connectivity index (χ4v) is 4.36. The number of ether oxygens (including phenoxy) is 1. The van der Waals surface area contributed by atoms with E-state index in [9.17, 15) is 9.59 Å². The predicted octanol–water partition coefficient (Wildman–Crippen LogP) is 2.42. The van der Waals surface area contributed by atoms with Gasteiger partial charge in [-0.15, -0.1) is 0 Å². The van der Waals surface area contributed by atoms with Gasteiger partial charge in [0.2, 0.25) is 5.91 Å². The van der Waals surface area contributed by atoms with Crippen LogP contribution >= 0.6 is 0 Å². The summed E-state index contributed by atoms with van der Waals surface area (Å²) in [5.41, 5.74) is 0.374. The van der Waals surface area contributed by atoms with Gasteiger partial charge in [0, 0.05) is 6.42 Å². The second kappa shape index (κ2) is 7.29. The van der Waals surface area contributed by atoms with Crippen LogP contribution in [0.5, 0.6) is 0 Å². The summed E-state index contributed by atoms with van der Waals surface area (Å²) in [6.45, 7) is 1.78. The number of esters is 1. The lowest BCUT2D eigenvalue weighted by Crippen LogP contribution is -2.56. The van der Waals surface area contributed by atoms with Gasteiger partial charge in [-0.05, 0) is 48.3 Å². The summed E-state index contributed by atoms with van der Waals surface area (Å²) in [4.78, 5) is 31.0. The van der Waals surface area contributed by atoms with E-state index >= 15 is 0 Å². The van der Waals surface area contributed by atoms with Crippen molar-refractivity contribution in [3.8, 4) is 0 Å². The highest BCUT2D eigenvalue weighted by atomic mass is 16.7. The number of rotatable bonds is 4. The normalized spacial score (nSPS) is 21.7. The number of carbonyl (C=O) groups excluding carboxylic acids is 2. The van der Waals surface area contributed by atoms with Gasteiger partial charge in [0.25, 0.3) is 0 Å². The van der Waals surface area contributed by atoms with Crippen LogP contribution in [0.4, 0.5) is 0 Å². The number of hydrogen-bond donors (Lipinski definition) is 1. The topological polar surface area (TPSA) is 67.9 Å². The number of methoxy groups -OCH3 is 1. The van der Waals surface area contributed by atoms with Crippen molar-refractivity contribution in [3.63, 3.8) is 0 Å². The van der Waals surface area contributed by atoms with E-state index in [0.29, 0.717) is 19.4 Å². The van der Waals surface area contributed by atoms with Crippen molar-refractivity contribution in [2.24, 2.45) is 5.92 Å². The van der Waals surface area contributed by atoms with Crippen LogP contribution < -0.4 is 5.32 Å². The maximum absolute atomic E-state index is 12.7. The average Bonchev–Trinajstić information content (AvgIpc) is 2.97. The molecule has 0 radical (unpaired) electrons. The molecule has 1 N–H and O–H groups in total. The second-order valence-electron chi connectivity index (χ2n) is 7.28. The third-order valence-electron chi connectivity index (χ3n) is 5.79. The quantitative estimate of drug-likeness (QED) is 0.840. The van der Waals surface area contributed by atoms with Gasteiger partial charge in [0.1, 0.15) is 6.61 Å². The van der Waals surface area contributed by atoms with E-state index in [-0.39, 0.29) is 18.3 Å². The maximum Gasteiger partial charge on any atom is 0.311 e. The Morgan fingerprint density at radius 2 is 1.93 bits per heavy atom. The van der Waals surface area contributed by atoms with Gasteiger partial charge >= 0.3 is 5.97 Å². The van der Waals surface area contributed by atoms with Gasteiger partial charge in [-0.2, -0.15) is 0 Å². The molecule has 6 nitrogen and oxygen atoms in total. The molecular weight excluding hydrogens is 344 g/mol. The maximum atomic E-state index is 12.7. The molecule has 6 heteroatoms. The molecule has 0 unspecified atom stereocenters. The van der Waals surface area contributed by atoms with E-state index < -0.39 is 11.5 Å². The van der Waals surface area contributed by atoms with E-state index in [1.165, 1.54) is 17.6 Å². The van der Waals surface area contributed by atoms with Crippen molar-refractivity contribution in [2.45, 2.75) is 31.4 Å². The predicted molar refractivity (Wildman–Crippen MR) is 101 cm³/mol. The van der Waals surface area contributed by atoms with Gasteiger partial charge in [-0.1, -0.05) is 36.4 Å². The van der Waals surface area contributed by atoms with Crippen molar-refractivity contribution in [1.82, 2.24) is 10.4 Å². The van der Waals surface area contributed by atoms with Crippen molar-refractivity contribution < 1.29 is 19.2 Å². The molecule has 2 fully saturated rings. The zero-order chi connectivity index (χ0) is 18.9. The number of nitrogens with zero attached hydrogens (tertiary/aromatic N) is 1. The molecule has 0 saturated carbocycles. The molecule has 1 atom stereocenters. The highest BCUT2D eigenvalue weighted by Crippen LogP contribution is 2.43. The smallest absolute Gasteiger partial charge is 0.311 e. The molecule has 2 heterocycles. The number of nitrogens with one attached hydrogen (secondary N) is 1. The summed E-state index contributed by atoms with van der Waals surface area (Å²) < 4.78 is 4.98. The SMILES string of the molecule is COC(=O)[C@@H]1CC(=O)N(OCc2ccc3ccccc3c2)C12CCNCC2. The molecule has 0 aromatic heterocycles. The summed E-state index contributed by atoms with van der Waals surface area (Å²) in [7, 11) is 1.38. The van der Waals surface area contributed by atoms with Crippen molar-refractivity contribution in [1.29, 1.82) is 0 Å². The molecule has 2 aromatic carbocycles. The van der Waals surface area contributed by atoms with Crippen LogP contribution in [-0.2, 0) is 25.8 Å². The number of piperidine rings is 1. The minimum Gasteiger partial charge on any atom is -0.469 e. The summed E-state index contributed by atoms with van der Waals surface area (Å²) >= 11 is 0. The monoisotopic (exact) mass is 368 g/mol. The standard InChI is InChI=1S/C21H24N2O4/c1-26-20(25)18-13-19(24)23(21(18)8-10-22-11-9-21)27-14-15-6-7-16-4-2-3-5-17(16)12-15/h2-7,12,18,22H,8-11,13-14H2,1H3/t18-/m0/s1. The van der Waals surface area contributed by atoms with Crippen LogP contribution in [0.25, 0.3) is 10.8 Å². The lowest BCUT2D eigenvalue weighted by Gasteiger charge is -2.42. The first-order valence-corrected chi connectivity index (χ1v) is 9.36. The Kier molecular flexibility index (Phi) is 4.85. The average molecular weight is 368 g/mol. The highest BCUT2D eigenvalue weighted by Gasteiger charge is 2.57. The van der Waals surface area contributed by atoms with Crippen LogP contribution in [0, 0.1) is 5.92 Å². The summed E-state index contributed by atoms with van der Waals surface area (Å²) in [5.74, 6) is -0.955. The third-order valence-corrected chi connectivity index (χ3v) is 5.79. The van der Waals surface area contributed by atoms with Gasteiger partial charge in [-0.3, -0.25) is 14.4 Å². The van der Waals surface area contributed by atoms with Crippen molar-refractivity contribution >= 4 is 22.6 Å². The molecule has 1 spiro atoms. The molecule has 0 bridgehead atoms. The summed E-state index contributed by atoms with van der Waals surface area (Å²) in [6, 6.07) is 14.3. The van der Waals surface area contributed by atoms with Gasteiger partial charge in [0.05, 0.1) is 18.6 Å². The number of amides is 1. The Morgan fingerprint density at radius 3 is 2.67 bits per heavy atom. The molecule has 2 aliphatic heterocycles. The fraction of sp³-hybridized carbons (Fsp3) is 0.429. The summed E-state index contributed by atoms with van der Waals surface area (Å²) in [6.07, 6.45) is 1.50. The molecule has 1 amide bonds. The fourth-order valence-electron chi connectivity index (χ4n) is 4.36. The van der Waals surface area contributed by atoms with Crippen LogP contribution in [-0.4, -0.2) is 42.7 Å². The van der Waals surface area contributed by atoms with Crippen LogP contribution in [0.2, 0.25) is 0 Å². The third kappa shape index (κ3) is 3.19. The molecule has 27 heavy (non-hydrogen) atoms. The molecule has 2 aliphatic rings. The minimum atomic E-state index is -0.619. The Hall–Kier alpha value is -2.44. The highest BCUT2D eigenvalue weighted by molar-refractivity contribution is 5.88. The van der Waals surface area contributed by atoms with Crippen LogP contribution in [0.1, 0.15) is 24.8 Å². The Morgan fingerprint density at radius 1 is 1.19 bits per heavy atom. The summed E-state index contributed by atoms with van der Waals surface area (Å²) in [5, 5.41) is 7.07. The molecule has 142 valence electrons. The van der Waals surface area contributed by atoms with Gasteiger partial charge < -0.3 is 10.1 Å². The number of carbonyl (C=O) groups is 2. The lowest BCUT2D eigenvalue weighted by atomic mass is 9.78. The number of benzene rings is 2. The van der Waals surface area contributed by atoms with Crippen molar-refractivity contribution in [2.75, 3.05) is 20.2 Å². The van der Waals surface area contributed by atoms with E-state index in [1.54, 1.807) is 0 Å². The molecule has 2 aromatic rings. The number of hydrogen-bond acceptors (Lipinski definition) is 5. The zero-order valence-corrected chi connectivity index (χ0v) is 15.4. The van der Waals surface area contributed by atoms with E-state index in [1.807, 2.05) is 18.2 Å². The van der Waals surface area contributed by atoms with E-state index in [0.717, 1.165) is 24.0 Å². The first-order chi connectivity index (χ1) is 13.1.